The minimum absolute atomic E-state index is 0.156. The third-order valence-corrected chi connectivity index (χ3v) is 3.52. The highest BCUT2D eigenvalue weighted by Crippen LogP contribution is 2.10. The number of nitrogens with zero attached hydrogens (tertiary/aromatic N) is 3. The molecule has 0 aliphatic rings. The van der Waals surface area contributed by atoms with E-state index in [2.05, 4.69) is 22.1 Å². The van der Waals surface area contributed by atoms with E-state index in [1.807, 2.05) is 18.2 Å². The summed E-state index contributed by atoms with van der Waals surface area (Å²) in [7, 11) is 1.61. The van der Waals surface area contributed by atoms with Gasteiger partial charge >= 0.3 is 0 Å². The van der Waals surface area contributed by atoms with Crippen molar-refractivity contribution < 1.29 is 9.53 Å². The van der Waals surface area contributed by atoms with Crippen LogP contribution >= 0.6 is 0 Å². The van der Waals surface area contributed by atoms with Crippen molar-refractivity contribution in [3.63, 3.8) is 0 Å². The van der Waals surface area contributed by atoms with Crippen LogP contribution in [0.5, 0.6) is 0 Å². The number of hydrogen-bond donors (Lipinski definition) is 1. The molecular weight excluding hydrogens is 292 g/mol. The molecule has 122 valence electrons. The Kier molecular flexibility index (Phi) is 6.50. The number of ether oxygens (including phenoxy) is 1. The molecule has 0 fully saturated rings. The number of nitrogens with two attached hydrogens (primary N) is 1. The molecule has 0 aliphatic heterocycles. The van der Waals surface area contributed by atoms with Crippen LogP contribution < -0.4 is 5.73 Å². The number of carbonyl (C=O) groups excluding carboxylic acids is 1. The number of rotatable bonds is 8. The second-order valence-corrected chi connectivity index (χ2v) is 5.16. The van der Waals surface area contributed by atoms with E-state index in [9.17, 15) is 4.79 Å². The Labute approximate surface area is 136 Å². The molecule has 0 bridgehead atoms. The number of benzene rings is 1. The smallest absolute Gasteiger partial charge is 0.276 e. The Morgan fingerprint density at radius 1 is 1.17 bits per heavy atom. The predicted molar refractivity (Wildman–Crippen MR) is 89.0 cm³/mol. The molecule has 1 heterocycles. The average Bonchev–Trinajstić information content (AvgIpc) is 2.59. The first kappa shape index (κ1) is 16.9. The Bertz CT molecular complexity index is 619. The molecule has 0 spiro atoms. The van der Waals surface area contributed by atoms with Gasteiger partial charge in [-0.1, -0.05) is 30.3 Å². The minimum atomic E-state index is -0.208. The van der Waals surface area contributed by atoms with E-state index in [-0.39, 0.29) is 17.4 Å². The van der Waals surface area contributed by atoms with Crippen molar-refractivity contribution in [3.8, 4) is 0 Å². The van der Waals surface area contributed by atoms with Gasteiger partial charge in [-0.15, -0.1) is 0 Å². The lowest BCUT2D eigenvalue weighted by atomic mass is 10.1. The number of aromatic nitrogens is 2. The molecule has 0 radical (unpaired) electrons. The summed E-state index contributed by atoms with van der Waals surface area (Å²) in [5.74, 6) is -0.0521. The number of amides is 1. The van der Waals surface area contributed by atoms with Gasteiger partial charge in [0.1, 0.15) is 0 Å². The largest absolute Gasteiger partial charge is 0.383 e. The van der Waals surface area contributed by atoms with Gasteiger partial charge in [0.15, 0.2) is 11.5 Å². The van der Waals surface area contributed by atoms with Crippen molar-refractivity contribution in [2.45, 2.75) is 12.8 Å². The number of aryl methyl sites for hydroxylation is 1. The van der Waals surface area contributed by atoms with E-state index < -0.39 is 0 Å². The van der Waals surface area contributed by atoms with Gasteiger partial charge in [0.25, 0.3) is 5.91 Å². The van der Waals surface area contributed by atoms with Crippen LogP contribution in [0.1, 0.15) is 22.5 Å². The molecule has 6 heteroatoms. The standard InChI is InChI=1S/C17H22N4O2/c1-23-13-12-21(11-5-8-14-6-3-2-4-7-14)17(22)15-16(18)20-10-9-19-15/h2-4,6-7,9-10H,5,8,11-13H2,1H3,(H2,18,20). The van der Waals surface area contributed by atoms with Crippen molar-refractivity contribution in [1.29, 1.82) is 0 Å². The molecule has 0 atom stereocenters. The summed E-state index contributed by atoms with van der Waals surface area (Å²) in [6, 6.07) is 10.2. The third kappa shape index (κ3) is 5.03. The third-order valence-electron chi connectivity index (χ3n) is 3.52. The molecule has 2 aromatic rings. The first-order valence-electron chi connectivity index (χ1n) is 7.61. The van der Waals surface area contributed by atoms with Gasteiger partial charge in [0.05, 0.1) is 6.61 Å². The number of carbonyl (C=O) groups is 1. The van der Waals surface area contributed by atoms with E-state index in [1.165, 1.54) is 18.0 Å². The van der Waals surface area contributed by atoms with Crippen LogP contribution in [-0.2, 0) is 11.2 Å². The number of anilines is 1. The molecule has 1 aromatic carbocycles. The molecular formula is C17H22N4O2. The van der Waals surface area contributed by atoms with E-state index in [0.29, 0.717) is 19.7 Å². The second-order valence-electron chi connectivity index (χ2n) is 5.16. The van der Waals surface area contributed by atoms with Crippen molar-refractivity contribution in [2.75, 3.05) is 32.5 Å². The first-order valence-corrected chi connectivity index (χ1v) is 7.61. The van der Waals surface area contributed by atoms with Crippen molar-refractivity contribution in [2.24, 2.45) is 0 Å². The molecule has 1 amide bonds. The molecule has 2 rings (SSSR count). The lowest BCUT2D eigenvalue weighted by Crippen LogP contribution is -2.36. The van der Waals surface area contributed by atoms with E-state index in [1.54, 1.807) is 12.0 Å². The fraction of sp³-hybridized carbons (Fsp3) is 0.353. The van der Waals surface area contributed by atoms with Gasteiger partial charge in [-0.3, -0.25) is 4.79 Å². The zero-order valence-electron chi connectivity index (χ0n) is 13.3. The Morgan fingerprint density at radius 2 is 1.91 bits per heavy atom. The average molecular weight is 314 g/mol. The van der Waals surface area contributed by atoms with Gasteiger partial charge in [-0.25, -0.2) is 9.97 Å². The maximum absolute atomic E-state index is 12.6. The molecule has 0 unspecified atom stereocenters. The monoisotopic (exact) mass is 314 g/mol. The van der Waals surface area contributed by atoms with Crippen molar-refractivity contribution in [1.82, 2.24) is 14.9 Å². The minimum Gasteiger partial charge on any atom is -0.383 e. The Hall–Kier alpha value is -2.47. The van der Waals surface area contributed by atoms with Crippen LogP contribution in [0.4, 0.5) is 5.82 Å². The molecule has 2 N–H and O–H groups in total. The second kappa shape index (κ2) is 8.85. The highest BCUT2D eigenvalue weighted by Gasteiger charge is 2.19. The van der Waals surface area contributed by atoms with Gasteiger partial charge in [-0.05, 0) is 18.4 Å². The lowest BCUT2D eigenvalue weighted by Gasteiger charge is -2.22. The number of nitrogen functional groups attached to an aromatic ring is 1. The maximum Gasteiger partial charge on any atom is 0.276 e. The summed E-state index contributed by atoms with van der Waals surface area (Å²) in [4.78, 5) is 22.3. The summed E-state index contributed by atoms with van der Waals surface area (Å²) in [6.07, 6.45) is 4.72. The topological polar surface area (TPSA) is 81.3 Å². The Morgan fingerprint density at radius 3 is 2.61 bits per heavy atom. The van der Waals surface area contributed by atoms with Crippen LogP contribution in [0.3, 0.4) is 0 Å². The fourth-order valence-corrected chi connectivity index (χ4v) is 2.30. The highest BCUT2D eigenvalue weighted by atomic mass is 16.5. The molecule has 0 saturated heterocycles. The zero-order valence-corrected chi connectivity index (χ0v) is 13.3. The van der Waals surface area contributed by atoms with Gasteiger partial charge in [0, 0.05) is 32.6 Å². The summed E-state index contributed by atoms with van der Waals surface area (Å²) >= 11 is 0. The molecule has 6 nitrogen and oxygen atoms in total. The Balaban J connectivity index is 1.98. The van der Waals surface area contributed by atoms with Gasteiger partial charge < -0.3 is 15.4 Å². The van der Waals surface area contributed by atoms with Crippen LogP contribution in [0.2, 0.25) is 0 Å². The summed E-state index contributed by atoms with van der Waals surface area (Å²) < 4.78 is 5.09. The van der Waals surface area contributed by atoms with Crippen LogP contribution in [0.15, 0.2) is 42.7 Å². The number of hydrogen-bond acceptors (Lipinski definition) is 5. The summed E-state index contributed by atoms with van der Waals surface area (Å²) in [6.45, 7) is 1.59. The van der Waals surface area contributed by atoms with E-state index >= 15 is 0 Å². The highest BCUT2D eigenvalue weighted by molar-refractivity contribution is 5.96. The lowest BCUT2D eigenvalue weighted by molar-refractivity contribution is 0.0688. The SMILES string of the molecule is COCCN(CCCc1ccccc1)C(=O)c1nccnc1N. The number of methoxy groups -OCH3 is 1. The molecule has 23 heavy (non-hydrogen) atoms. The van der Waals surface area contributed by atoms with Crippen LogP contribution in [0.25, 0.3) is 0 Å². The van der Waals surface area contributed by atoms with Crippen LogP contribution in [-0.4, -0.2) is 47.6 Å². The maximum atomic E-state index is 12.6. The molecule has 0 aliphatic carbocycles. The van der Waals surface area contributed by atoms with Crippen molar-refractivity contribution >= 4 is 11.7 Å². The van der Waals surface area contributed by atoms with E-state index in [0.717, 1.165) is 12.8 Å². The van der Waals surface area contributed by atoms with Crippen molar-refractivity contribution in [3.05, 3.63) is 54.0 Å². The quantitative estimate of drug-likeness (QED) is 0.803. The summed E-state index contributed by atoms with van der Waals surface area (Å²) in [5, 5.41) is 0. The molecule has 1 aromatic heterocycles. The van der Waals surface area contributed by atoms with E-state index in [4.69, 9.17) is 10.5 Å². The zero-order chi connectivity index (χ0) is 16.5. The fourth-order valence-electron chi connectivity index (χ4n) is 2.30. The normalized spacial score (nSPS) is 10.5. The van der Waals surface area contributed by atoms with Gasteiger partial charge in [0.2, 0.25) is 0 Å². The first-order chi connectivity index (χ1) is 11.2. The summed E-state index contributed by atoms with van der Waals surface area (Å²) in [5.41, 5.74) is 7.21. The van der Waals surface area contributed by atoms with Gasteiger partial charge in [-0.2, -0.15) is 0 Å². The van der Waals surface area contributed by atoms with Crippen LogP contribution in [0, 0.1) is 0 Å². The molecule has 0 saturated carbocycles. The predicted octanol–water partition coefficient (Wildman–Crippen LogP) is 1.78.